The molecule has 0 saturated carbocycles. The second-order valence-electron chi connectivity index (χ2n) is 4.30. The smallest absolute Gasteiger partial charge is 0.128 e. The molecule has 2 heterocycles. The highest BCUT2D eigenvalue weighted by molar-refractivity contribution is 5.39. The van der Waals surface area contributed by atoms with Crippen molar-refractivity contribution in [2.24, 2.45) is 0 Å². The molecule has 0 aromatic carbocycles. The SMILES string of the molecule is C[C@@H](O)c1ccc(N(C)Cc2ccccn2)nc1. The van der Waals surface area contributed by atoms with E-state index in [2.05, 4.69) is 9.97 Å². The lowest BCUT2D eigenvalue weighted by atomic mass is 10.2. The van der Waals surface area contributed by atoms with Gasteiger partial charge in [0.2, 0.25) is 0 Å². The summed E-state index contributed by atoms with van der Waals surface area (Å²) in [5, 5.41) is 9.42. The van der Waals surface area contributed by atoms with Gasteiger partial charge in [0, 0.05) is 19.4 Å². The molecule has 0 saturated heterocycles. The molecule has 0 fully saturated rings. The van der Waals surface area contributed by atoms with E-state index in [1.807, 2.05) is 42.3 Å². The first-order valence-corrected chi connectivity index (χ1v) is 5.92. The highest BCUT2D eigenvalue weighted by atomic mass is 16.3. The molecule has 0 spiro atoms. The molecule has 1 atom stereocenters. The van der Waals surface area contributed by atoms with Gasteiger partial charge in [-0.1, -0.05) is 12.1 Å². The van der Waals surface area contributed by atoms with Gasteiger partial charge in [-0.25, -0.2) is 4.98 Å². The average Bonchev–Trinajstić information content (AvgIpc) is 2.40. The van der Waals surface area contributed by atoms with Gasteiger partial charge in [-0.15, -0.1) is 0 Å². The molecule has 2 aromatic rings. The van der Waals surface area contributed by atoms with Crippen LogP contribution in [0.15, 0.2) is 42.7 Å². The van der Waals surface area contributed by atoms with Crippen molar-refractivity contribution in [3.63, 3.8) is 0 Å². The Bertz CT molecular complexity index is 482. The second-order valence-corrected chi connectivity index (χ2v) is 4.30. The lowest BCUT2D eigenvalue weighted by molar-refractivity contribution is 0.199. The summed E-state index contributed by atoms with van der Waals surface area (Å²) < 4.78 is 0. The number of aliphatic hydroxyl groups excluding tert-OH is 1. The van der Waals surface area contributed by atoms with Gasteiger partial charge in [-0.05, 0) is 30.7 Å². The molecule has 0 amide bonds. The Morgan fingerprint density at radius 1 is 1.22 bits per heavy atom. The normalized spacial score (nSPS) is 12.2. The van der Waals surface area contributed by atoms with E-state index in [9.17, 15) is 5.11 Å². The first-order chi connectivity index (χ1) is 8.66. The molecule has 1 N–H and O–H groups in total. The summed E-state index contributed by atoms with van der Waals surface area (Å²) in [5.41, 5.74) is 1.83. The summed E-state index contributed by atoms with van der Waals surface area (Å²) in [4.78, 5) is 10.6. The van der Waals surface area contributed by atoms with Crippen LogP contribution >= 0.6 is 0 Å². The van der Waals surface area contributed by atoms with Crippen LogP contribution in [0.4, 0.5) is 5.82 Å². The zero-order valence-electron chi connectivity index (χ0n) is 10.6. The molecule has 94 valence electrons. The summed E-state index contributed by atoms with van der Waals surface area (Å²) in [6.07, 6.45) is 3.01. The molecule has 0 aliphatic carbocycles. The third kappa shape index (κ3) is 3.05. The van der Waals surface area contributed by atoms with Crippen LogP contribution in [0, 0.1) is 0 Å². The third-order valence-electron chi connectivity index (χ3n) is 2.77. The van der Waals surface area contributed by atoms with Crippen LogP contribution in [0.5, 0.6) is 0 Å². The summed E-state index contributed by atoms with van der Waals surface area (Å²) in [7, 11) is 1.97. The van der Waals surface area contributed by atoms with E-state index in [1.54, 1.807) is 19.3 Å². The van der Waals surface area contributed by atoms with Gasteiger partial charge >= 0.3 is 0 Å². The minimum Gasteiger partial charge on any atom is -0.389 e. The number of hydrogen-bond donors (Lipinski definition) is 1. The Balaban J connectivity index is 2.07. The topological polar surface area (TPSA) is 49.2 Å². The number of rotatable bonds is 4. The van der Waals surface area contributed by atoms with E-state index in [0.717, 1.165) is 17.1 Å². The predicted molar refractivity (Wildman–Crippen MR) is 71.2 cm³/mol. The van der Waals surface area contributed by atoms with Gasteiger partial charge < -0.3 is 10.0 Å². The van der Waals surface area contributed by atoms with Crippen molar-refractivity contribution in [2.75, 3.05) is 11.9 Å². The summed E-state index contributed by atoms with van der Waals surface area (Å²) in [6, 6.07) is 9.66. The fraction of sp³-hybridized carbons (Fsp3) is 0.286. The minimum atomic E-state index is -0.479. The number of aliphatic hydroxyl groups is 1. The van der Waals surface area contributed by atoms with Crippen LogP contribution in [0.2, 0.25) is 0 Å². The van der Waals surface area contributed by atoms with Gasteiger partial charge in [0.1, 0.15) is 5.82 Å². The lowest BCUT2D eigenvalue weighted by Crippen LogP contribution is -2.18. The molecule has 0 aliphatic heterocycles. The van der Waals surface area contributed by atoms with Gasteiger partial charge in [-0.3, -0.25) is 4.98 Å². The Morgan fingerprint density at radius 3 is 2.61 bits per heavy atom. The van der Waals surface area contributed by atoms with E-state index in [0.29, 0.717) is 6.54 Å². The van der Waals surface area contributed by atoms with Crippen LogP contribution in [0.1, 0.15) is 24.3 Å². The van der Waals surface area contributed by atoms with Crippen LogP contribution in [0.25, 0.3) is 0 Å². The molecule has 18 heavy (non-hydrogen) atoms. The Kier molecular flexibility index (Phi) is 3.89. The maximum Gasteiger partial charge on any atom is 0.128 e. The Labute approximate surface area is 107 Å². The molecule has 0 radical (unpaired) electrons. The number of hydrogen-bond acceptors (Lipinski definition) is 4. The molecule has 4 heteroatoms. The number of aromatic nitrogens is 2. The van der Waals surface area contributed by atoms with Gasteiger partial charge in [0.25, 0.3) is 0 Å². The van der Waals surface area contributed by atoms with Crippen LogP contribution < -0.4 is 4.90 Å². The van der Waals surface area contributed by atoms with Crippen molar-refractivity contribution in [3.05, 3.63) is 54.0 Å². The highest BCUT2D eigenvalue weighted by Gasteiger charge is 2.06. The molecular formula is C14H17N3O. The average molecular weight is 243 g/mol. The lowest BCUT2D eigenvalue weighted by Gasteiger charge is -2.18. The molecule has 0 bridgehead atoms. The minimum absolute atomic E-state index is 0.479. The van der Waals surface area contributed by atoms with Crippen molar-refractivity contribution in [2.45, 2.75) is 19.6 Å². The maximum absolute atomic E-state index is 9.42. The number of anilines is 1. The maximum atomic E-state index is 9.42. The van der Waals surface area contributed by atoms with Gasteiger partial charge in [0.05, 0.1) is 18.3 Å². The fourth-order valence-corrected chi connectivity index (χ4v) is 1.69. The summed E-state index contributed by atoms with van der Waals surface area (Å²) in [5.74, 6) is 0.866. The van der Waals surface area contributed by atoms with E-state index in [1.165, 1.54) is 0 Å². The zero-order valence-corrected chi connectivity index (χ0v) is 10.6. The van der Waals surface area contributed by atoms with Crippen LogP contribution in [-0.4, -0.2) is 22.1 Å². The molecule has 2 rings (SSSR count). The van der Waals surface area contributed by atoms with E-state index in [4.69, 9.17) is 0 Å². The van der Waals surface area contributed by atoms with Crippen molar-refractivity contribution in [1.29, 1.82) is 0 Å². The first-order valence-electron chi connectivity index (χ1n) is 5.92. The molecule has 0 unspecified atom stereocenters. The summed E-state index contributed by atoms with van der Waals surface area (Å²) >= 11 is 0. The van der Waals surface area contributed by atoms with Crippen LogP contribution in [-0.2, 0) is 6.54 Å². The largest absolute Gasteiger partial charge is 0.389 e. The second kappa shape index (κ2) is 5.60. The van der Waals surface area contributed by atoms with Crippen molar-refractivity contribution in [3.8, 4) is 0 Å². The molecular weight excluding hydrogens is 226 g/mol. The standard InChI is InChI=1S/C14H17N3O/c1-11(18)12-6-7-14(16-9-12)17(2)10-13-5-3-4-8-15-13/h3-9,11,18H,10H2,1-2H3/t11-/m1/s1. The van der Waals surface area contributed by atoms with Crippen molar-refractivity contribution < 1.29 is 5.11 Å². The van der Waals surface area contributed by atoms with Crippen LogP contribution in [0.3, 0.4) is 0 Å². The quantitative estimate of drug-likeness (QED) is 0.894. The fourth-order valence-electron chi connectivity index (χ4n) is 1.69. The van der Waals surface area contributed by atoms with E-state index < -0.39 is 6.10 Å². The Hall–Kier alpha value is -1.94. The van der Waals surface area contributed by atoms with Crippen molar-refractivity contribution >= 4 is 5.82 Å². The Morgan fingerprint density at radius 2 is 2.06 bits per heavy atom. The third-order valence-corrected chi connectivity index (χ3v) is 2.77. The highest BCUT2D eigenvalue weighted by Crippen LogP contribution is 2.16. The molecule has 2 aromatic heterocycles. The first kappa shape index (κ1) is 12.5. The van der Waals surface area contributed by atoms with Gasteiger partial charge in [0.15, 0.2) is 0 Å². The van der Waals surface area contributed by atoms with Gasteiger partial charge in [-0.2, -0.15) is 0 Å². The monoisotopic (exact) mass is 243 g/mol. The zero-order chi connectivity index (χ0) is 13.0. The molecule has 0 aliphatic rings. The van der Waals surface area contributed by atoms with E-state index >= 15 is 0 Å². The van der Waals surface area contributed by atoms with E-state index in [-0.39, 0.29) is 0 Å². The number of pyridine rings is 2. The summed E-state index contributed by atoms with van der Waals surface area (Å²) in [6.45, 7) is 2.44. The molecule has 4 nitrogen and oxygen atoms in total. The van der Waals surface area contributed by atoms with Crippen molar-refractivity contribution in [1.82, 2.24) is 9.97 Å². The number of nitrogens with zero attached hydrogens (tertiary/aromatic N) is 3. The predicted octanol–water partition coefficient (Wildman–Crippen LogP) is 2.17.